The molecular weight excluding hydrogens is 544 g/mol. The monoisotopic (exact) mass is 558 g/mol. The van der Waals surface area contributed by atoms with E-state index in [-0.39, 0.29) is 18.3 Å². The highest BCUT2D eigenvalue weighted by molar-refractivity contribution is 9.11. The number of halogens is 3. The van der Waals surface area contributed by atoms with Crippen LogP contribution in [0.15, 0.2) is 56.6 Å². The summed E-state index contributed by atoms with van der Waals surface area (Å²) in [5.41, 5.74) is 0.707. The number of hydrogen-bond acceptors (Lipinski definition) is 5. The van der Waals surface area contributed by atoms with Gasteiger partial charge in [0.1, 0.15) is 12.4 Å². The lowest BCUT2D eigenvalue weighted by molar-refractivity contribution is -0.113. The van der Waals surface area contributed by atoms with Crippen LogP contribution in [-0.4, -0.2) is 26.4 Å². The van der Waals surface area contributed by atoms with Crippen LogP contribution in [0.2, 0.25) is 5.02 Å². The van der Waals surface area contributed by atoms with E-state index >= 15 is 0 Å². The summed E-state index contributed by atoms with van der Waals surface area (Å²) in [6.45, 7) is 2.95. The fourth-order valence-corrected chi connectivity index (χ4v) is 4.09. The highest BCUT2D eigenvalue weighted by Gasteiger charge is 2.14. The lowest BCUT2D eigenvalue weighted by Crippen LogP contribution is -2.15. The summed E-state index contributed by atoms with van der Waals surface area (Å²) < 4.78 is 9.39. The lowest BCUT2D eigenvalue weighted by atomic mass is 10.3. The number of benzene rings is 2. The first-order valence-corrected chi connectivity index (χ1v) is 11.6. The maximum atomic E-state index is 12.3. The number of rotatable bonds is 8. The first-order valence-electron chi connectivity index (χ1n) is 8.64. The molecular formula is C19H17Br2ClN4O2S. The minimum Gasteiger partial charge on any atom is -0.486 e. The second-order valence-corrected chi connectivity index (χ2v) is 9.00. The van der Waals surface area contributed by atoms with Gasteiger partial charge in [0, 0.05) is 20.5 Å². The molecule has 6 nitrogen and oxygen atoms in total. The van der Waals surface area contributed by atoms with Crippen molar-refractivity contribution in [1.82, 2.24) is 14.8 Å². The smallest absolute Gasteiger partial charge is 0.234 e. The van der Waals surface area contributed by atoms with Gasteiger partial charge in [0.2, 0.25) is 5.91 Å². The molecule has 0 saturated carbocycles. The molecule has 10 heteroatoms. The molecule has 1 aromatic heterocycles. The Kier molecular flexibility index (Phi) is 7.99. The summed E-state index contributed by atoms with van der Waals surface area (Å²) >= 11 is 14.0. The molecule has 0 spiro atoms. The number of anilines is 1. The summed E-state index contributed by atoms with van der Waals surface area (Å²) in [6, 6.07) is 12.7. The number of carbonyl (C=O) groups excluding carboxylic acids is 1. The first kappa shape index (κ1) is 22.1. The zero-order chi connectivity index (χ0) is 20.8. The molecule has 1 amide bonds. The average molecular weight is 561 g/mol. The van der Waals surface area contributed by atoms with Crippen molar-refractivity contribution in [2.24, 2.45) is 0 Å². The molecule has 0 aliphatic carbocycles. The Morgan fingerprint density at radius 3 is 2.69 bits per heavy atom. The third-order valence-electron chi connectivity index (χ3n) is 3.83. The second-order valence-electron chi connectivity index (χ2n) is 5.85. The molecule has 0 aliphatic heterocycles. The zero-order valence-electron chi connectivity index (χ0n) is 15.4. The van der Waals surface area contributed by atoms with Gasteiger partial charge in [0.05, 0.1) is 11.4 Å². The number of hydrogen-bond donors (Lipinski definition) is 1. The summed E-state index contributed by atoms with van der Waals surface area (Å²) in [6.07, 6.45) is 0. The van der Waals surface area contributed by atoms with Crippen LogP contribution in [-0.2, 0) is 17.9 Å². The van der Waals surface area contributed by atoms with E-state index < -0.39 is 0 Å². The van der Waals surface area contributed by atoms with Crippen LogP contribution in [0.1, 0.15) is 12.7 Å². The van der Waals surface area contributed by atoms with Gasteiger partial charge >= 0.3 is 0 Å². The molecule has 152 valence electrons. The minimum absolute atomic E-state index is 0.126. The van der Waals surface area contributed by atoms with E-state index in [0.29, 0.717) is 34.0 Å². The van der Waals surface area contributed by atoms with Gasteiger partial charge in [-0.1, -0.05) is 39.3 Å². The Balaban J connectivity index is 1.58. The number of aromatic nitrogens is 3. The molecule has 3 rings (SSSR count). The maximum absolute atomic E-state index is 12.3. The van der Waals surface area contributed by atoms with Crippen molar-refractivity contribution < 1.29 is 9.53 Å². The van der Waals surface area contributed by atoms with Crippen LogP contribution in [0.3, 0.4) is 0 Å². The van der Waals surface area contributed by atoms with E-state index in [9.17, 15) is 4.79 Å². The zero-order valence-corrected chi connectivity index (χ0v) is 20.1. The molecule has 0 unspecified atom stereocenters. The van der Waals surface area contributed by atoms with Crippen LogP contribution < -0.4 is 10.1 Å². The van der Waals surface area contributed by atoms with Gasteiger partial charge in [-0.15, -0.1) is 10.2 Å². The predicted octanol–water partition coefficient (Wildman–Crippen LogP) is 5.79. The van der Waals surface area contributed by atoms with Crippen molar-refractivity contribution in [3.8, 4) is 5.75 Å². The van der Waals surface area contributed by atoms with Gasteiger partial charge in [0.15, 0.2) is 11.0 Å². The number of thioether (sulfide) groups is 1. The van der Waals surface area contributed by atoms with E-state index in [1.807, 2.05) is 29.7 Å². The number of amides is 1. The molecule has 2 aromatic carbocycles. The number of carbonyl (C=O) groups is 1. The molecule has 1 N–H and O–H groups in total. The summed E-state index contributed by atoms with van der Waals surface area (Å²) in [4.78, 5) is 12.3. The third-order valence-corrected chi connectivity index (χ3v) is 6.23. The van der Waals surface area contributed by atoms with Gasteiger partial charge in [-0.05, 0) is 65.3 Å². The van der Waals surface area contributed by atoms with Crippen molar-refractivity contribution in [3.63, 3.8) is 0 Å². The van der Waals surface area contributed by atoms with Crippen molar-refractivity contribution in [2.75, 3.05) is 11.1 Å². The molecule has 0 saturated heterocycles. The average Bonchev–Trinajstić information content (AvgIpc) is 3.10. The van der Waals surface area contributed by atoms with Gasteiger partial charge in [-0.2, -0.15) is 0 Å². The van der Waals surface area contributed by atoms with Crippen LogP contribution in [0, 0.1) is 0 Å². The lowest BCUT2D eigenvalue weighted by Gasteiger charge is -2.10. The fraction of sp³-hybridized carbons (Fsp3) is 0.211. The summed E-state index contributed by atoms with van der Waals surface area (Å²) in [7, 11) is 0. The summed E-state index contributed by atoms with van der Waals surface area (Å²) in [5.74, 6) is 1.49. The SMILES string of the molecule is CCn1c(COc2ccc(Cl)cc2)nnc1SCC(=O)Nc1cc(Br)ccc1Br. The Hall–Kier alpha value is -1.55. The van der Waals surface area contributed by atoms with Gasteiger partial charge in [-0.3, -0.25) is 4.79 Å². The standard InChI is InChI=1S/C19H17Br2ClN4O2S/c1-2-26-17(10-28-14-6-4-13(22)5-7-14)24-25-19(26)29-11-18(27)23-16-9-12(20)3-8-15(16)21/h3-9H,2,10-11H2,1H3,(H,23,27). The van der Waals surface area contributed by atoms with E-state index in [1.165, 1.54) is 11.8 Å². The molecule has 0 fully saturated rings. The number of nitrogens with zero attached hydrogens (tertiary/aromatic N) is 3. The van der Waals surface area contributed by atoms with Crippen LogP contribution in [0.25, 0.3) is 0 Å². The molecule has 0 bridgehead atoms. The Morgan fingerprint density at radius 1 is 1.21 bits per heavy atom. The van der Waals surface area contributed by atoms with E-state index in [0.717, 1.165) is 8.95 Å². The van der Waals surface area contributed by atoms with Crippen molar-refractivity contribution in [1.29, 1.82) is 0 Å². The third kappa shape index (κ3) is 6.21. The number of ether oxygens (including phenoxy) is 1. The first-order chi connectivity index (χ1) is 14.0. The predicted molar refractivity (Wildman–Crippen MR) is 123 cm³/mol. The van der Waals surface area contributed by atoms with Crippen LogP contribution >= 0.6 is 55.2 Å². The highest BCUT2D eigenvalue weighted by Crippen LogP contribution is 2.27. The second kappa shape index (κ2) is 10.5. The van der Waals surface area contributed by atoms with Crippen molar-refractivity contribution in [2.45, 2.75) is 25.2 Å². The molecule has 0 aliphatic rings. The van der Waals surface area contributed by atoms with Gasteiger partial charge in [-0.25, -0.2) is 0 Å². The maximum Gasteiger partial charge on any atom is 0.234 e. The van der Waals surface area contributed by atoms with E-state index in [2.05, 4.69) is 47.4 Å². The van der Waals surface area contributed by atoms with Crippen molar-refractivity contribution in [3.05, 3.63) is 62.3 Å². The molecule has 0 radical (unpaired) electrons. The molecule has 0 atom stereocenters. The van der Waals surface area contributed by atoms with Crippen molar-refractivity contribution >= 4 is 66.8 Å². The summed E-state index contributed by atoms with van der Waals surface area (Å²) in [5, 5.41) is 12.6. The fourth-order valence-electron chi connectivity index (χ4n) is 2.44. The largest absolute Gasteiger partial charge is 0.486 e. The minimum atomic E-state index is -0.126. The van der Waals surface area contributed by atoms with Gasteiger partial charge < -0.3 is 14.6 Å². The van der Waals surface area contributed by atoms with E-state index in [4.69, 9.17) is 16.3 Å². The Morgan fingerprint density at radius 2 is 1.97 bits per heavy atom. The van der Waals surface area contributed by atoms with Gasteiger partial charge in [0.25, 0.3) is 0 Å². The molecule has 1 heterocycles. The van der Waals surface area contributed by atoms with Crippen LogP contribution in [0.4, 0.5) is 5.69 Å². The normalized spacial score (nSPS) is 10.8. The van der Waals surface area contributed by atoms with E-state index in [1.54, 1.807) is 24.3 Å². The van der Waals surface area contributed by atoms with Crippen LogP contribution in [0.5, 0.6) is 5.75 Å². The Labute approximate surface area is 194 Å². The Bertz CT molecular complexity index is 998. The number of nitrogens with one attached hydrogen (secondary N) is 1. The molecule has 29 heavy (non-hydrogen) atoms. The quantitative estimate of drug-likeness (QED) is 0.354. The topological polar surface area (TPSA) is 69.0 Å². The highest BCUT2D eigenvalue weighted by atomic mass is 79.9. The molecule has 3 aromatic rings.